The molecule has 1 aromatic carbocycles. The van der Waals surface area contributed by atoms with Gasteiger partial charge in [-0.2, -0.15) is 0 Å². The molecule has 8 nitrogen and oxygen atoms in total. The van der Waals surface area contributed by atoms with Crippen molar-refractivity contribution in [3.8, 4) is 0 Å². The average molecular weight is 451 g/mol. The molecular formula is C20H26N4O4S2. The first-order chi connectivity index (χ1) is 14.2. The molecule has 0 fully saturated rings. The van der Waals surface area contributed by atoms with Gasteiger partial charge in [-0.3, -0.25) is 14.5 Å². The van der Waals surface area contributed by atoms with Gasteiger partial charge in [0.1, 0.15) is 0 Å². The van der Waals surface area contributed by atoms with Crippen LogP contribution < -0.4 is 10.2 Å². The molecule has 0 unspecified atom stereocenters. The summed E-state index contributed by atoms with van der Waals surface area (Å²) < 4.78 is 24.6. The van der Waals surface area contributed by atoms with Crippen LogP contribution in [0.4, 0.5) is 10.8 Å². The van der Waals surface area contributed by atoms with Crippen molar-refractivity contribution in [1.29, 1.82) is 0 Å². The predicted octanol–water partition coefficient (Wildman–Crippen LogP) is 2.63. The van der Waals surface area contributed by atoms with E-state index in [-0.39, 0.29) is 17.6 Å². The first-order valence-corrected chi connectivity index (χ1v) is 11.9. The number of aromatic nitrogens is 1. The Kier molecular flexibility index (Phi) is 8.70. The molecule has 0 spiro atoms. The van der Waals surface area contributed by atoms with Gasteiger partial charge >= 0.3 is 0 Å². The number of sulfonamides is 1. The molecule has 0 saturated heterocycles. The second kappa shape index (κ2) is 11.0. The average Bonchev–Trinajstić information content (AvgIpc) is 3.18. The highest BCUT2D eigenvalue weighted by Crippen LogP contribution is 2.28. The number of amides is 2. The molecule has 2 aromatic rings. The second-order valence-corrected chi connectivity index (χ2v) is 9.65. The maximum atomic E-state index is 12.1. The third-order valence-corrected chi connectivity index (χ3v) is 6.93. The summed E-state index contributed by atoms with van der Waals surface area (Å²) in [7, 11) is -1.68. The van der Waals surface area contributed by atoms with Gasteiger partial charge in [0.15, 0.2) is 5.13 Å². The van der Waals surface area contributed by atoms with Crippen LogP contribution in [0.3, 0.4) is 0 Å². The summed E-state index contributed by atoms with van der Waals surface area (Å²) in [6.07, 6.45) is 3.46. The van der Waals surface area contributed by atoms with Crippen LogP contribution in [0.2, 0.25) is 0 Å². The van der Waals surface area contributed by atoms with E-state index in [0.29, 0.717) is 30.3 Å². The monoisotopic (exact) mass is 450 g/mol. The largest absolute Gasteiger partial charge is 0.353 e. The lowest BCUT2D eigenvalue weighted by Gasteiger charge is -2.17. The van der Waals surface area contributed by atoms with Gasteiger partial charge in [-0.1, -0.05) is 18.2 Å². The minimum atomic E-state index is -3.20. The number of carbonyl (C=O) groups excluding carboxylic acids is 2. The number of nitrogens with zero attached hydrogens (tertiary/aromatic N) is 3. The smallest absolute Gasteiger partial charge is 0.244 e. The van der Waals surface area contributed by atoms with Gasteiger partial charge in [0.2, 0.25) is 21.8 Å². The van der Waals surface area contributed by atoms with E-state index in [1.165, 1.54) is 40.6 Å². The van der Waals surface area contributed by atoms with E-state index in [0.717, 1.165) is 5.69 Å². The van der Waals surface area contributed by atoms with Crippen molar-refractivity contribution in [1.82, 2.24) is 14.6 Å². The van der Waals surface area contributed by atoms with Gasteiger partial charge in [0.25, 0.3) is 0 Å². The van der Waals surface area contributed by atoms with E-state index in [1.807, 2.05) is 30.3 Å². The second-order valence-electron chi connectivity index (χ2n) is 6.44. The number of para-hydroxylation sites is 1. The number of benzene rings is 1. The Balaban J connectivity index is 1.89. The lowest BCUT2D eigenvalue weighted by Crippen LogP contribution is -2.32. The van der Waals surface area contributed by atoms with Crippen molar-refractivity contribution in [3.05, 3.63) is 47.5 Å². The van der Waals surface area contributed by atoms with Crippen LogP contribution >= 0.6 is 11.3 Å². The van der Waals surface area contributed by atoms with Crippen molar-refractivity contribution in [2.24, 2.45) is 0 Å². The summed E-state index contributed by atoms with van der Waals surface area (Å²) in [5.74, 6) is -0.393. The van der Waals surface area contributed by atoms with Crippen molar-refractivity contribution in [2.75, 3.05) is 30.8 Å². The lowest BCUT2D eigenvalue weighted by molar-refractivity contribution is -0.117. The van der Waals surface area contributed by atoms with Crippen LogP contribution in [0.25, 0.3) is 6.08 Å². The molecule has 162 valence electrons. The molecule has 0 atom stereocenters. The van der Waals surface area contributed by atoms with Crippen molar-refractivity contribution < 1.29 is 18.0 Å². The molecule has 0 aliphatic carbocycles. The van der Waals surface area contributed by atoms with Gasteiger partial charge in [0.05, 0.1) is 17.1 Å². The molecule has 2 amide bonds. The first kappa shape index (κ1) is 23.7. The van der Waals surface area contributed by atoms with E-state index in [2.05, 4.69) is 10.3 Å². The van der Waals surface area contributed by atoms with E-state index >= 15 is 0 Å². The third-order valence-electron chi connectivity index (χ3n) is 4.22. The Morgan fingerprint density at radius 1 is 1.23 bits per heavy atom. The minimum absolute atomic E-state index is 0.0551. The number of hydrogen-bond acceptors (Lipinski definition) is 6. The van der Waals surface area contributed by atoms with Crippen LogP contribution in [-0.2, 0) is 19.6 Å². The summed E-state index contributed by atoms with van der Waals surface area (Å²) in [6.45, 7) is 3.77. The summed E-state index contributed by atoms with van der Waals surface area (Å²) in [5, 5.41) is 5.00. The Bertz CT molecular complexity index is 987. The van der Waals surface area contributed by atoms with Crippen LogP contribution in [0.1, 0.15) is 26.0 Å². The predicted molar refractivity (Wildman–Crippen MR) is 120 cm³/mol. The Morgan fingerprint density at radius 2 is 1.93 bits per heavy atom. The van der Waals surface area contributed by atoms with Crippen molar-refractivity contribution >= 4 is 50.1 Å². The van der Waals surface area contributed by atoms with Crippen LogP contribution in [0, 0.1) is 0 Å². The topological polar surface area (TPSA) is 99.7 Å². The summed E-state index contributed by atoms with van der Waals surface area (Å²) in [6, 6.07) is 9.22. The van der Waals surface area contributed by atoms with Crippen molar-refractivity contribution in [2.45, 2.75) is 20.3 Å². The van der Waals surface area contributed by atoms with Gasteiger partial charge < -0.3 is 5.32 Å². The lowest BCUT2D eigenvalue weighted by atomic mass is 10.3. The maximum Gasteiger partial charge on any atom is 0.244 e. The van der Waals surface area contributed by atoms with E-state index in [4.69, 9.17) is 0 Å². The van der Waals surface area contributed by atoms with E-state index in [1.54, 1.807) is 18.4 Å². The molecule has 0 bridgehead atoms. The fourth-order valence-corrected chi connectivity index (χ4v) is 4.26. The zero-order chi connectivity index (χ0) is 22.1. The fourth-order valence-electron chi connectivity index (χ4n) is 2.55. The third kappa shape index (κ3) is 6.75. The normalized spacial score (nSPS) is 11.7. The molecular weight excluding hydrogens is 424 g/mol. The molecule has 1 aromatic heterocycles. The molecule has 1 heterocycles. The first-order valence-electron chi connectivity index (χ1n) is 9.45. The van der Waals surface area contributed by atoms with Gasteiger partial charge in [-0.15, -0.1) is 11.3 Å². The maximum absolute atomic E-state index is 12.1. The quantitative estimate of drug-likeness (QED) is 0.443. The van der Waals surface area contributed by atoms with Crippen molar-refractivity contribution in [3.63, 3.8) is 0 Å². The minimum Gasteiger partial charge on any atom is -0.353 e. The zero-order valence-corrected chi connectivity index (χ0v) is 18.9. The number of hydrogen-bond donors (Lipinski definition) is 1. The number of rotatable bonds is 10. The fraction of sp³-hybridized carbons (Fsp3) is 0.350. The standard InChI is InChI=1S/C20H26N4O4S2/c1-4-30(27,28)23(3)14-8-13-21-19(26)12-11-17-15-29-20(22-17)24(16(2)25)18-9-6-5-7-10-18/h5-7,9-12,15H,4,8,13-14H2,1-3H3,(H,21,26)/b12-11+. The number of carbonyl (C=O) groups is 2. The van der Waals surface area contributed by atoms with Crippen LogP contribution in [-0.4, -0.2) is 55.4 Å². The SMILES string of the molecule is CCS(=O)(=O)N(C)CCCNC(=O)/C=C/c1csc(N(C(C)=O)c2ccccc2)n1. The molecule has 30 heavy (non-hydrogen) atoms. The summed E-state index contributed by atoms with van der Waals surface area (Å²) in [4.78, 5) is 30.0. The molecule has 0 aliphatic rings. The molecule has 10 heteroatoms. The Labute approximate surface area is 181 Å². The van der Waals surface area contributed by atoms with Gasteiger partial charge in [-0.25, -0.2) is 17.7 Å². The summed E-state index contributed by atoms with van der Waals surface area (Å²) >= 11 is 1.31. The van der Waals surface area contributed by atoms with Gasteiger partial charge in [0, 0.05) is 38.5 Å². The number of thiazole rings is 1. The Morgan fingerprint density at radius 3 is 2.57 bits per heavy atom. The Hall–Kier alpha value is -2.56. The van der Waals surface area contributed by atoms with Crippen LogP contribution in [0.5, 0.6) is 0 Å². The van der Waals surface area contributed by atoms with E-state index < -0.39 is 10.0 Å². The van der Waals surface area contributed by atoms with E-state index in [9.17, 15) is 18.0 Å². The number of anilines is 2. The van der Waals surface area contributed by atoms with Crippen LogP contribution in [0.15, 0.2) is 41.8 Å². The molecule has 0 radical (unpaired) electrons. The zero-order valence-electron chi connectivity index (χ0n) is 17.2. The highest BCUT2D eigenvalue weighted by atomic mass is 32.2. The highest BCUT2D eigenvalue weighted by molar-refractivity contribution is 7.89. The molecule has 2 rings (SSSR count). The number of nitrogens with one attached hydrogen (secondary N) is 1. The molecule has 0 aliphatic heterocycles. The molecule has 0 saturated carbocycles. The molecule has 1 N–H and O–H groups in total. The highest BCUT2D eigenvalue weighted by Gasteiger charge is 2.17. The van der Waals surface area contributed by atoms with Gasteiger partial charge in [-0.05, 0) is 31.6 Å². The summed E-state index contributed by atoms with van der Waals surface area (Å²) in [5.41, 5.74) is 1.30.